The van der Waals surface area contributed by atoms with Crippen LogP contribution in [0.15, 0.2) is 48.5 Å². The van der Waals surface area contributed by atoms with Crippen molar-refractivity contribution in [2.45, 2.75) is 12.8 Å². The van der Waals surface area contributed by atoms with Crippen LogP contribution >= 0.6 is 0 Å². The van der Waals surface area contributed by atoms with Gasteiger partial charge in [0.15, 0.2) is 0 Å². The fourth-order valence-corrected chi connectivity index (χ4v) is 2.74. The molecule has 0 aliphatic heterocycles. The molecule has 0 fully saturated rings. The Morgan fingerprint density at radius 1 is 0.769 bits per heavy atom. The van der Waals surface area contributed by atoms with Gasteiger partial charge < -0.3 is 16.9 Å². The summed E-state index contributed by atoms with van der Waals surface area (Å²) in [6.07, 6.45) is 0.0539. The Kier molecular flexibility index (Phi) is 11.9. The molecule has 7 nitrogen and oxygen atoms in total. The summed E-state index contributed by atoms with van der Waals surface area (Å²) in [5.74, 6) is 0.109. The summed E-state index contributed by atoms with van der Waals surface area (Å²) in [6.45, 7) is 1.19. The van der Waals surface area contributed by atoms with E-state index >= 15 is 0 Å². The Hall–Kier alpha value is -2.22. The number of nitrogens with two attached hydrogens (primary N) is 2. The van der Waals surface area contributed by atoms with Gasteiger partial charge in [-0.3, -0.25) is 0 Å². The van der Waals surface area contributed by atoms with Gasteiger partial charge in [0.1, 0.15) is 0 Å². The van der Waals surface area contributed by atoms with Gasteiger partial charge in [0, 0.05) is 13.1 Å². The molecule has 0 spiro atoms. The van der Waals surface area contributed by atoms with E-state index in [4.69, 9.17) is 11.5 Å². The predicted octanol–water partition coefficient (Wildman–Crippen LogP) is 0.0978. The molecule has 0 saturated heterocycles. The average Bonchev–Trinajstić information content (AvgIpc) is 2.59. The maximum absolute atomic E-state index is 11.9. The zero-order valence-electron chi connectivity index (χ0n) is 14.2. The first kappa shape index (κ1) is 23.8. The minimum atomic E-state index is -0.253. The molecular weight excluding hydrogens is 380 g/mol. The van der Waals surface area contributed by atoms with Crippen molar-refractivity contribution in [3.63, 3.8) is 0 Å². The van der Waals surface area contributed by atoms with Crippen LogP contribution in [0.25, 0.3) is 0 Å². The van der Waals surface area contributed by atoms with Gasteiger partial charge in [0.2, 0.25) is 0 Å². The number of hydrogen-bond acceptors (Lipinski definition) is 6. The molecule has 0 atom stereocenters. The third-order valence-electron chi connectivity index (χ3n) is 3.00. The minimum absolute atomic E-state index is 0. The molecule has 2 aromatic rings. The molecule has 0 unspecified atom stereocenters. The number of phenols is 2. The van der Waals surface area contributed by atoms with Gasteiger partial charge in [-0.15, -0.1) is 0 Å². The van der Waals surface area contributed by atoms with Gasteiger partial charge in [-0.05, 0) is 0 Å². The van der Waals surface area contributed by atoms with Gasteiger partial charge in [-0.1, -0.05) is 0 Å². The molecule has 26 heavy (non-hydrogen) atoms. The summed E-state index contributed by atoms with van der Waals surface area (Å²) in [6, 6.07) is 13.1. The van der Waals surface area contributed by atoms with E-state index in [1.54, 1.807) is 36.4 Å². The molecule has 8 N–H and O–H groups in total. The van der Waals surface area contributed by atoms with Crippen molar-refractivity contribution in [1.82, 2.24) is 0 Å². The molecule has 8 heteroatoms. The molecule has 0 saturated carbocycles. The molecule has 0 aliphatic carbocycles. The Morgan fingerprint density at radius 2 is 1.12 bits per heavy atom. The molecule has 2 rings (SSSR count). The van der Waals surface area contributed by atoms with Crippen molar-refractivity contribution >= 4 is 9.36 Å². The normalized spacial score (nSPS) is 9.62. The maximum atomic E-state index is 11.9. The monoisotopic (exact) mass is 404 g/mol. The number of benzene rings is 2. The van der Waals surface area contributed by atoms with Gasteiger partial charge >= 0.3 is 128 Å². The van der Waals surface area contributed by atoms with Crippen LogP contribution in [-0.2, 0) is 37.4 Å². The summed E-state index contributed by atoms with van der Waals surface area (Å²) in [7, 11) is 0. The van der Waals surface area contributed by atoms with Crippen LogP contribution in [0.1, 0.15) is 11.1 Å². The van der Waals surface area contributed by atoms with Crippen molar-refractivity contribution in [1.29, 1.82) is 0 Å². The molecule has 0 aromatic heterocycles. The third kappa shape index (κ3) is 8.75. The molecule has 0 radical (unpaired) electrons. The average molecular weight is 404 g/mol. The summed E-state index contributed by atoms with van der Waals surface area (Å²) in [5.41, 5.74) is 10.8. The van der Waals surface area contributed by atoms with Crippen molar-refractivity contribution in [2.24, 2.45) is 11.5 Å². The molecule has 0 aliphatic rings. The second-order valence-electron chi connectivity index (χ2n) is 4.96. The van der Waals surface area contributed by atoms with E-state index in [2.05, 4.69) is 0 Å². The molecule has 0 amide bonds. The molecule has 144 valence electrons. The first-order valence-electron chi connectivity index (χ1n) is 7.59. The summed E-state index contributed by atoms with van der Waals surface area (Å²) >= 11 is -0.206. The number of rotatable bonds is 7. The van der Waals surface area contributed by atoms with Gasteiger partial charge in [-0.2, -0.15) is 0 Å². The number of phenolic OH excluding ortho intramolecular Hbond substituents is 2. The van der Waals surface area contributed by atoms with Crippen molar-refractivity contribution in [3.8, 4) is 11.5 Å². The van der Waals surface area contributed by atoms with Gasteiger partial charge in [0.25, 0.3) is 0 Å². The number of carbonyl (C=O) groups excluding carboxylic acids is 2. The van der Waals surface area contributed by atoms with Crippen molar-refractivity contribution in [3.05, 3.63) is 59.7 Å². The van der Waals surface area contributed by atoms with E-state index in [1.807, 2.05) is 0 Å². The van der Waals surface area contributed by atoms with Crippen LogP contribution in [0.5, 0.6) is 11.5 Å². The Balaban J connectivity index is 0.00000113. The van der Waals surface area contributed by atoms with E-state index in [1.165, 1.54) is 12.1 Å². The van der Waals surface area contributed by atoms with Crippen LogP contribution in [0.4, 0.5) is 0 Å². The van der Waals surface area contributed by atoms with Crippen LogP contribution in [0.3, 0.4) is 0 Å². The zero-order chi connectivity index (χ0) is 18.7. The Labute approximate surface area is 158 Å². The Morgan fingerprint density at radius 3 is 1.42 bits per heavy atom. The molecule has 0 heterocycles. The van der Waals surface area contributed by atoms with E-state index in [-0.39, 0.29) is 54.1 Å². The first-order valence-corrected chi connectivity index (χ1v) is 8.70. The number of carbonyl (C=O) groups is 2. The van der Waals surface area contributed by atoms with E-state index < -0.39 is 0 Å². The summed E-state index contributed by atoms with van der Waals surface area (Å²) in [4.78, 5) is 23.7. The zero-order valence-corrected chi connectivity index (χ0v) is 15.3. The van der Waals surface area contributed by atoms with E-state index in [9.17, 15) is 19.8 Å². The predicted molar refractivity (Wildman–Crippen MR) is 95.4 cm³/mol. The third-order valence-corrected chi connectivity index (χ3v) is 4.00. The second-order valence-corrected chi connectivity index (χ2v) is 6.47. The number of para-hydroxylation sites is 2. The standard InChI is InChI=1S/2C8H7O2.C2H8N2.Fe.H2O/c2*9-6-5-7-3-1-2-4-8(7)10;3-1-2-4;;/h2*1-4,10H,5H2;1-4H2;;1H2. The topological polar surface area (TPSA) is 158 Å². The van der Waals surface area contributed by atoms with Crippen LogP contribution < -0.4 is 11.5 Å². The first-order chi connectivity index (χ1) is 12.0. The fourth-order valence-electron chi connectivity index (χ4n) is 1.78. The fraction of sp³-hybridized carbons (Fsp3) is 0.222. The van der Waals surface area contributed by atoms with Gasteiger partial charge in [-0.25, -0.2) is 0 Å². The Bertz CT molecular complexity index is 650. The quantitative estimate of drug-likeness (QED) is 0.479. The SMILES string of the molecule is NCCN.O.O=[C](Cc1ccccc1O)[Fe][C](=O)Cc1ccccc1O. The van der Waals surface area contributed by atoms with Gasteiger partial charge in [0.05, 0.1) is 0 Å². The van der Waals surface area contributed by atoms with Crippen molar-refractivity contribution in [2.75, 3.05) is 13.1 Å². The van der Waals surface area contributed by atoms with Crippen molar-refractivity contribution < 1.29 is 40.2 Å². The van der Waals surface area contributed by atoms with Crippen LogP contribution in [0.2, 0.25) is 0 Å². The molecule has 0 bridgehead atoms. The summed E-state index contributed by atoms with van der Waals surface area (Å²) < 4.78 is -0.506. The van der Waals surface area contributed by atoms with Crippen LogP contribution in [0, 0.1) is 0 Å². The molecular formula is C18H24FeN2O5. The van der Waals surface area contributed by atoms with E-state index in [0.29, 0.717) is 24.2 Å². The van der Waals surface area contributed by atoms with E-state index in [0.717, 1.165) is 0 Å². The second kappa shape index (κ2) is 13.0. The number of hydrogen-bond donors (Lipinski definition) is 4. The van der Waals surface area contributed by atoms with Crippen LogP contribution in [-0.4, -0.2) is 38.1 Å². The molecule has 2 aromatic carbocycles. The number of aromatic hydroxyl groups is 2. The summed E-state index contributed by atoms with van der Waals surface area (Å²) in [5, 5.41) is 19.2.